The van der Waals surface area contributed by atoms with Crippen molar-refractivity contribution < 1.29 is 9.47 Å². The third kappa shape index (κ3) is 3.65. The Morgan fingerprint density at radius 2 is 1.79 bits per heavy atom. The van der Waals surface area contributed by atoms with E-state index < -0.39 is 5.69 Å². The average molecular weight is 387 g/mol. The molecule has 0 aliphatic carbocycles. The molecule has 0 saturated heterocycles. The van der Waals surface area contributed by atoms with Crippen molar-refractivity contribution in [1.82, 2.24) is 18.7 Å². The molecule has 3 aromatic rings. The van der Waals surface area contributed by atoms with E-state index in [0.717, 1.165) is 22.3 Å². The van der Waals surface area contributed by atoms with E-state index in [2.05, 4.69) is 10.3 Å². The van der Waals surface area contributed by atoms with E-state index in [1.165, 1.54) is 11.6 Å². The number of hydrogen-bond acceptors (Lipinski definition) is 6. The van der Waals surface area contributed by atoms with Crippen molar-refractivity contribution in [3.8, 4) is 5.75 Å². The summed E-state index contributed by atoms with van der Waals surface area (Å²) in [5.74, 6) is 1.30. The summed E-state index contributed by atoms with van der Waals surface area (Å²) in [7, 11) is 6.35. The second-order valence-corrected chi connectivity index (χ2v) is 6.52. The number of benzene rings is 1. The number of aryl methyl sites for hydroxylation is 1. The monoisotopic (exact) mass is 387 g/mol. The van der Waals surface area contributed by atoms with Gasteiger partial charge in [-0.05, 0) is 24.1 Å². The Balaban J connectivity index is 2.10. The molecule has 0 aliphatic rings. The first-order chi connectivity index (χ1) is 13.5. The Morgan fingerprint density at radius 3 is 2.43 bits per heavy atom. The number of ether oxygens (including phenoxy) is 2. The van der Waals surface area contributed by atoms with Gasteiger partial charge in [-0.3, -0.25) is 18.5 Å². The first-order valence-electron chi connectivity index (χ1n) is 9.00. The van der Waals surface area contributed by atoms with Crippen LogP contribution in [0.1, 0.15) is 12.0 Å². The maximum Gasteiger partial charge on any atom is 0.332 e. The van der Waals surface area contributed by atoms with Crippen molar-refractivity contribution in [3.05, 3.63) is 50.7 Å². The standard InChI is InChI=1S/C19H25N5O4/c1-22-16-15(17(25)23(2)19(22)26)24(18(21-16)20-10-5-11-27-3)12-13-6-8-14(28-4)9-7-13/h6-9H,5,10-12H2,1-4H3,(H,20,21). The van der Waals surface area contributed by atoms with Crippen LogP contribution in [-0.2, 0) is 25.4 Å². The molecule has 0 fully saturated rings. The third-order valence-electron chi connectivity index (χ3n) is 4.66. The van der Waals surface area contributed by atoms with Crippen molar-refractivity contribution in [1.29, 1.82) is 0 Å². The lowest BCUT2D eigenvalue weighted by atomic mass is 10.2. The minimum absolute atomic E-state index is 0.357. The van der Waals surface area contributed by atoms with Crippen LogP contribution in [-0.4, -0.2) is 46.1 Å². The fourth-order valence-electron chi connectivity index (χ4n) is 3.07. The molecule has 0 bridgehead atoms. The first kappa shape index (κ1) is 19.7. The van der Waals surface area contributed by atoms with Crippen molar-refractivity contribution in [2.24, 2.45) is 14.1 Å². The van der Waals surface area contributed by atoms with Crippen LogP contribution in [0.4, 0.5) is 5.95 Å². The largest absolute Gasteiger partial charge is 0.497 e. The van der Waals surface area contributed by atoms with Gasteiger partial charge in [-0.2, -0.15) is 4.98 Å². The Morgan fingerprint density at radius 1 is 1.07 bits per heavy atom. The molecular formula is C19H25N5O4. The number of imidazole rings is 1. The van der Waals surface area contributed by atoms with Crippen molar-refractivity contribution in [2.75, 3.05) is 32.7 Å². The molecule has 28 heavy (non-hydrogen) atoms. The maximum atomic E-state index is 12.8. The number of fused-ring (bicyclic) bond motifs is 1. The van der Waals surface area contributed by atoms with Crippen LogP contribution in [0.25, 0.3) is 11.2 Å². The Bertz CT molecular complexity index is 1080. The molecule has 0 radical (unpaired) electrons. The highest BCUT2D eigenvalue weighted by atomic mass is 16.5. The van der Waals surface area contributed by atoms with Gasteiger partial charge >= 0.3 is 5.69 Å². The highest BCUT2D eigenvalue weighted by molar-refractivity contribution is 5.74. The van der Waals surface area contributed by atoms with Gasteiger partial charge in [0.05, 0.1) is 13.7 Å². The van der Waals surface area contributed by atoms with Crippen LogP contribution in [0.2, 0.25) is 0 Å². The van der Waals surface area contributed by atoms with E-state index in [0.29, 0.717) is 36.8 Å². The molecule has 0 aliphatic heterocycles. The smallest absolute Gasteiger partial charge is 0.332 e. The molecule has 1 N–H and O–H groups in total. The van der Waals surface area contributed by atoms with Crippen LogP contribution in [0.15, 0.2) is 33.9 Å². The van der Waals surface area contributed by atoms with Gasteiger partial charge in [0.1, 0.15) is 5.75 Å². The fourth-order valence-corrected chi connectivity index (χ4v) is 3.07. The molecule has 0 atom stereocenters. The van der Waals surface area contributed by atoms with E-state index in [9.17, 15) is 9.59 Å². The zero-order valence-corrected chi connectivity index (χ0v) is 16.6. The predicted octanol–water partition coefficient (Wildman–Crippen LogP) is 0.939. The van der Waals surface area contributed by atoms with E-state index in [1.54, 1.807) is 21.3 Å². The molecule has 0 spiro atoms. The lowest BCUT2D eigenvalue weighted by Gasteiger charge is -2.11. The minimum atomic E-state index is -0.405. The van der Waals surface area contributed by atoms with Gasteiger partial charge in [0.25, 0.3) is 5.56 Å². The summed E-state index contributed by atoms with van der Waals surface area (Å²) >= 11 is 0. The summed E-state index contributed by atoms with van der Waals surface area (Å²) in [4.78, 5) is 29.6. The SMILES string of the molecule is COCCCNc1nc2c(c(=O)n(C)c(=O)n2C)n1Cc1ccc(OC)cc1. The molecule has 150 valence electrons. The van der Waals surface area contributed by atoms with Crippen LogP contribution in [0, 0.1) is 0 Å². The van der Waals surface area contributed by atoms with Crippen molar-refractivity contribution >= 4 is 17.1 Å². The molecule has 3 rings (SSSR count). The van der Waals surface area contributed by atoms with Gasteiger partial charge in [-0.25, -0.2) is 4.79 Å². The summed E-state index contributed by atoms with van der Waals surface area (Å²) in [5, 5.41) is 3.26. The molecule has 9 heteroatoms. The maximum absolute atomic E-state index is 12.8. The molecule has 2 aromatic heterocycles. The topological polar surface area (TPSA) is 92.3 Å². The predicted molar refractivity (Wildman–Crippen MR) is 107 cm³/mol. The van der Waals surface area contributed by atoms with Gasteiger partial charge in [0.15, 0.2) is 11.2 Å². The van der Waals surface area contributed by atoms with E-state index in [1.807, 2.05) is 28.8 Å². The summed E-state index contributed by atoms with van der Waals surface area (Å²) in [6, 6.07) is 7.61. The lowest BCUT2D eigenvalue weighted by molar-refractivity contribution is 0.197. The van der Waals surface area contributed by atoms with Gasteiger partial charge in [-0.1, -0.05) is 12.1 Å². The van der Waals surface area contributed by atoms with E-state index in [-0.39, 0.29) is 5.56 Å². The number of nitrogens with one attached hydrogen (secondary N) is 1. The highest BCUT2D eigenvalue weighted by Gasteiger charge is 2.19. The van der Waals surface area contributed by atoms with Gasteiger partial charge in [0, 0.05) is 34.4 Å². The number of nitrogens with zero attached hydrogens (tertiary/aromatic N) is 4. The molecule has 0 saturated carbocycles. The average Bonchev–Trinajstić information content (AvgIpc) is 3.07. The molecule has 0 unspecified atom stereocenters. The van der Waals surface area contributed by atoms with Crippen LogP contribution >= 0.6 is 0 Å². The summed E-state index contributed by atoms with van der Waals surface area (Å²) < 4.78 is 14.6. The minimum Gasteiger partial charge on any atom is -0.497 e. The van der Waals surface area contributed by atoms with E-state index in [4.69, 9.17) is 9.47 Å². The van der Waals surface area contributed by atoms with Gasteiger partial charge in [-0.15, -0.1) is 0 Å². The number of anilines is 1. The zero-order chi connectivity index (χ0) is 20.3. The highest BCUT2D eigenvalue weighted by Crippen LogP contribution is 2.19. The van der Waals surface area contributed by atoms with Gasteiger partial charge < -0.3 is 14.8 Å². The van der Waals surface area contributed by atoms with Gasteiger partial charge in [0.2, 0.25) is 5.95 Å². The molecule has 1 aromatic carbocycles. The summed E-state index contributed by atoms with van der Waals surface area (Å²) in [6.07, 6.45) is 0.791. The Hall–Kier alpha value is -3.07. The summed E-state index contributed by atoms with van der Waals surface area (Å²) in [6.45, 7) is 1.68. The number of aromatic nitrogens is 4. The van der Waals surface area contributed by atoms with Crippen LogP contribution in [0.5, 0.6) is 5.75 Å². The van der Waals surface area contributed by atoms with Crippen LogP contribution in [0.3, 0.4) is 0 Å². The number of methoxy groups -OCH3 is 2. The molecule has 9 nitrogen and oxygen atoms in total. The summed E-state index contributed by atoms with van der Waals surface area (Å²) in [5.41, 5.74) is 0.947. The van der Waals surface area contributed by atoms with E-state index >= 15 is 0 Å². The lowest BCUT2D eigenvalue weighted by Crippen LogP contribution is -2.37. The molecular weight excluding hydrogens is 362 g/mol. The molecule has 0 amide bonds. The van der Waals surface area contributed by atoms with Crippen LogP contribution < -0.4 is 21.3 Å². The Kier molecular flexibility index (Phi) is 5.84. The number of hydrogen-bond donors (Lipinski definition) is 1. The molecule has 2 heterocycles. The third-order valence-corrected chi connectivity index (χ3v) is 4.66. The van der Waals surface area contributed by atoms with Crippen molar-refractivity contribution in [2.45, 2.75) is 13.0 Å². The van der Waals surface area contributed by atoms with Crippen molar-refractivity contribution in [3.63, 3.8) is 0 Å². The Labute approximate surface area is 162 Å². The first-order valence-corrected chi connectivity index (χ1v) is 9.00. The fraction of sp³-hybridized carbons (Fsp3) is 0.421. The quantitative estimate of drug-likeness (QED) is 0.579. The zero-order valence-electron chi connectivity index (χ0n) is 16.6. The second kappa shape index (κ2) is 8.30. The number of rotatable bonds is 8. The second-order valence-electron chi connectivity index (χ2n) is 6.52. The normalized spacial score (nSPS) is 11.1.